The minimum Gasteiger partial charge on any atom is -0.489 e. The maximum Gasteiger partial charge on any atom is 0.305 e. The van der Waals surface area contributed by atoms with Crippen LogP contribution in [0, 0.1) is 11.3 Å². The molecule has 0 aromatic heterocycles. The largest absolute Gasteiger partial charge is 0.489 e. The van der Waals surface area contributed by atoms with Crippen LogP contribution in [-0.4, -0.2) is 48.2 Å². The van der Waals surface area contributed by atoms with E-state index >= 15 is 0 Å². The molecule has 0 saturated heterocycles. The molecule has 3 atom stereocenters. The first-order chi connectivity index (χ1) is 19.6. The second-order valence-corrected chi connectivity index (χ2v) is 11.7. The van der Waals surface area contributed by atoms with Crippen LogP contribution < -0.4 is 15.4 Å². The molecule has 3 rings (SSSR count). The third-order valence-corrected chi connectivity index (χ3v) is 7.15. The first kappa shape index (κ1) is 31.9. The molecule has 0 bridgehead atoms. The number of carbonyl (C=O) groups is 3. The topological polar surface area (TPSA) is 114 Å². The van der Waals surface area contributed by atoms with Gasteiger partial charge in [0.2, 0.25) is 11.8 Å². The first-order valence-electron chi connectivity index (χ1n) is 14.4. The Bertz CT molecular complexity index is 1140. The molecule has 1 aliphatic heterocycles. The second kappa shape index (κ2) is 16.0. The number of rotatable bonds is 9. The summed E-state index contributed by atoms with van der Waals surface area (Å²) in [6.07, 6.45) is 6.35. The molecular weight excluding hydrogens is 520 g/mol. The number of aliphatic hydroxyl groups excluding tert-OH is 1. The van der Waals surface area contributed by atoms with Gasteiger partial charge in [-0.2, -0.15) is 0 Å². The van der Waals surface area contributed by atoms with Crippen molar-refractivity contribution in [1.82, 2.24) is 10.6 Å². The molecule has 8 nitrogen and oxygen atoms in total. The molecule has 2 amide bonds. The van der Waals surface area contributed by atoms with E-state index in [1.54, 1.807) is 0 Å². The quantitative estimate of drug-likeness (QED) is 0.305. The highest BCUT2D eigenvalue weighted by Gasteiger charge is 2.31. The lowest BCUT2D eigenvalue weighted by Gasteiger charge is -2.32. The van der Waals surface area contributed by atoms with Crippen molar-refractivity contribution in [1.29, 1.82) is 0 Å². The van der Waals surface area contributed by atoms with Gasteiger partial charge in [-0.3, -0.25) is 14.4 Å². The van der Waals surface area contributed by atoms with E-state index in [1.807, 2.05) is 87.5 Å². The van der Waals surface area contributed by atoms with Crippen molar-refractivity contribution in [3.63, 3.8) is 0 Å². The van der Waals surface area contributed by atoms with Crippen LogP contribution in [-0.2, 0) is 32.1 Å². The fraction of sp³-hybridized carbons (Fsp3) is 0.485. The lowest BCUT2D eigenvalue weighted by Crippen LogP contribution is -2.50. The monoisotopic (exact) mass is 564 g/mol. The van der Waals surface area contributed by atoms with E-state index < -0.39 is 12.0 Å². The van der Waals surface area contributed by atoms with Crippen molar-refractivity contribution in [2.75, 3.05) is 13.2 Å². The van der Waals surface area contributed by atoms with E-state index in [-0.39, 0.29) is 48.9 Å². The summed E-state index contributed by atoms with van der Waals surface area (Å²) >= 11 is 0. The van der Waals surface area contributed by atoms with Crippen molar-refractivity contribution in [3.8, 4) is 5.75 Å². The van der Waals surface area contributed by atoms with Gasteiger partial charge >= 0.3 is 5.97 Å². The molecule has 0 aliphatic carbocycles. The summed E-state index contributed by atoms with van der Waals surface area (Å²) in [5, 5.41) is 15.9. The van der Waals surface area contributed by atoms with Gasteiger partial charge in [-0.25, -0.2) is 0 Å². The Morgan fingerprint density at radius 3 is 2.49 bits per heavy atom. The lowest BCUT2D eigenvalue weighted by molar-refractivity contribution is -0.146. The maximum absolute atomic E-state index is 13.3. The summed E-state index contributed by atoms with van der Waals surface area (Å²) in [5.41, 5.74) is 1.68. The van der Waals surface area contributed by atoms with Gasteiger partial charge in [0, 0.05) is 12.8 Å². The molecule has 0 spiro atoms. The highest BCUT2D eigenvalue weighted by molar-refractivity contribution is 5.86. The smallest absolute Gasteiger partial charge is 0.305 e. The van der Waals surface area contributed by atoms with Gasteiger partial charge in [0.25, 0.3) is 0 Å². The molecule has 2 aromatic carbocycles. The zero-order valence-corrected chi connectivity index (χ0v) is 24.4. The van der Waals surface area contributed by atoms with Crippen LogP contribution in [0.2, 0.25) is 0 Å². The van der Waals surface area contributed by atoms with E-state index in [4.69, 9.17) is 9.47 Å². The van der Waals surface area contributed by atoms with Crippen LogP contribution in [0.5, 0.6) is 5.75 Å². The molecular formula is C33H44N2O6. The van der Waals surface area contributed by atoms with E-state index in [1.165, 1.54) is 0 Å². The van der Waals surface area contributed by atoms with Crippen LogP contribution in [0.15, 0.2) is 66.7 Å². The average molecular weight is 565 g/mol. The standard InChI is InChI=1S/C33H44N2O6/c1-33(2,3)29-23-41-31(38)14-10-5-4-9-13-26(32(39)35-29)20-30(37)34-27(21-36)19-24-15-17-28(18-16-24)40-22-25-11-7-6-8-12-25/h4,6-9,11-12,15-18,26-27,29,36H,5,10,13-14,19-23H2,1-3H3,(H,34,37)(H,35,39)/t26-,27+,29-/m1/s1. The van der Waals surface area contributed by atoms with Gasteiger partial charge in [-0.15, -0.1) is 0 Å². The molecule has 1 heterocycles. The first-order valence-corrected chi connectivity index (χ1v) is 14.4. The summed E-state index contributed by atoms with van der Waals surface area (Å²) in [6.45, 7) is 6.24. The van der Waals surface area contributed by atoms with Crippen molar-refractivity contribution in [3.05, 3.63) is 77.9 Å². The molecule has 3 N–H and O–H groups in total. The molecule has 41 heavy (non-hydrogen) atoms. The number of esters is 1. The maximum atomic E-state index is 13.3. The number of amides is 2. The lowest BCUT2D eigenvalue weighted by atomic mass is 9.86. The molecule has 0 radical (unpaired) electrons. The minimum absolute atomic E-state index is 0.0183. The number of benzene rings is 2. The van der Waals surface area contributed by atoms with Crippen LogP contribution in [0.1, 0.15) is 64.0 Å². The zero-order valence-electron chi connectivity index (χ0n) is 24.4. The third kappa shape index (κ3) is 11.4. The summed E-state index contributed by atoms with van der Waals surface area (Å²) in [5.74, 6) is -0.688. The van der Waals surface area contributed by atoms with Gasteiger partial charge in [0.1, 0.15) is 19.0 Å². The molecule has 1 aliphatic rings. The zero-order chi connectivity index (χ0) is 29.7. The van der Waals surface area contributed by atoms with Crippen LogP contribution >= 0.6 is 0 Å². The number of ether oxygens (including phenoxy) is 2. The van der Waals surface area contributed by atoms with Crippen LogP contribution in [0.25, 0.3) is 0 Å². The SMILES string of the molecule is CC(C)(C)[C@H]1COC(=O)CCCC=CC[C@H](CC(=O)N[C@H](CO)Cc2ccc(OCc3ccccc3)cc2)C(=O)N1. The molecule has 0 saturated carbocycles. The fourth-order valence-corrected chi connectivity index (χ4v) is 4.49. The Hall–Kier alpha value is -3.65. The normalized spacial score (nSPS) is 19.5. The molecule has 2 aromatic rings. The van der Waals surface area contributed by atoms with Crippen molar-refractivity contribution in [2.24, 2.45) is 11.3 Å². The minimum atomic E-state index is -0.590. The molecule has 0 unspecified atom stereocenters. The second-order valence-electron chi connectivity index (χ2n) is 11.7. The average Bonchev–Trinajstić information content (AvgIpc) is 2.96. The van der Waals surface area contributed by atoms with Gasteiger partial charge in [-0.1, -0.05) is 75.4 Å². The van der Waals surface area contributed by atoms with Gasteiger partial charge < -0.3 is 25.2 Å². The number of carbonyl (C=O) groups excluding carboxylic acids is 3. The third-order valence-electron chi connectivity index (χ3n) is 7.15. The van der Waals surface area contributed by atoms with Crippen LogP contribution in [0.3, 0.4) is 0 Å². The van der Waals surface area contributed by atoms with Crippen molar-refractivity contribution < 1.29 is 29.0 Å². The summed E-state index contributed by atoms with van der Waals surface area (Å²) in [7, 11) is 0. The Labute approximate surface area is 243 Å². The van der Waals surface area contributed by atoms with E-state index in [2.05, 4.69) is 10.6 Å². The highest BCUT2D eigenvalue weighted by atomic mass is 16.5. The molecule has 8 heteroatoms. The summed E-state index contributed by atoms with van der Waals surface area (Å²) in [6, 6.07) is 16.6. The predicted molar refractivity (Wildman–Crippen MR) is 158 cm³/mol. The highest BCUT2D eigenvalue weighted by Crippen LogP contribution is 2.22. The molecule has 222 valence electrons. The number of hydrogen-bond donors (Lipinski definition) is 3. The van der Waals surface area contributed by atoms with E-state index in [9.17, 15) is 19.5 Å². The number of allylic oxidation sites excluding steroid dienone is 2. The van der Waals surface area contributed by atoms with Gasteiger partial charge in [0.15, 0.2) is 0 Å². The predicted octanol–water partition coefficient (Wildman–Crippen LogP) is 4.50. The Morgan fingerprint density at radius 1 is 1.07 bits per heavy atom. The summed E-state index contributed by atoms with van der Waals surface area (Å²) in [4.78, 5) is 38.4. The Morgan fingerprint density at radius 2 is 1.80 bits per heavy atom. The fourth-order valence-electron chi connectivity index (χ4n) is 4.49. The molecule has 0 fully saturated rings. The van der Waals surface area contributed by atoms with E-state index in [0.29, 0.717) is 38.7 Å². The number of nitrogens with one attached hydrogen (secondary N) is 2. The van der Waals surface area contributed by atoms with E-state index in [0.717, 1.165) is 16.9 Å². The van der Waals surface area contributed by atoms with Crippen molar-refractivity contribution >= 4 is 17.8 Å². The summed E-state index contributed by atoms with van der Waals surface area (Å²) < 4.78 is 11.3. The van der Waals surface area contributed by atoms with Gasteiger partial charge in [-0.05, 0) is 54.4 Å². The Balaban J connectivity index is 1.58. The van der Waals surface area contributed by atoms with Gasteiger partial charge in [0.05, 0.1) is 24.6 Å². The van der Waals surface area contributed by atoms with Crippen molar-refractivity contribution in [2.45, 2.75) is 78.0 Å². The number of cyclic esters (lactones) is 1. The number of aliphatic hydroxyl groups is 1. The Kier molecular flexibility index (Phi) is 12.4. The number of hydrogen-bond acceptors (Lipinski definition) is 6. The van der Waals surface area contributed by atoms with Crippen LogP contribution in [0.4, 0.5) is 0 Å².